The highest BCUT2D eigenvalue weighted by Gasteiger charge is 2.45. The van der Waals surface area contributed by atoms with Gasteiger partial charge < -0.3 is 20.9 Å². The lowest BCUT2D eigenvalue weighted by Crippen LogP contribution is -2.54. The molecule has 4 aliphatic heterocycles. The Hall–Kier alpha value is -3.84. The second-order valence-electron chi connectivity index (χ2n) is 11.4. The number of imide groups is 2. The molecule has 4 aliphatic rings. The summed E-state index contributed by atoms with van der Waals surface area (Å²) in [5, 5.41) is 5.48. The number of rotatable bonds is 9. The van der Waals surface area contributed by atoms with Crippen molar-refractivity contribution in [3.63, 3.8) is 0 Å². The Morgan fingerprint density at radius 1 is 0.905 bits per heavy atom. The predicted molar refractivity (Wildman–Crippen MR) is 152 cm³/mol. The van der Waals surface area contributed by atoms with Crippen molar-refractivity contribution in [2.75, 3.05) is 57.8 Å². The van der Waals surface area contributed by atoms with Gasteiger partial charge in [-0.05, 0) is 50.8 Å². The number of anilines is 1. The summed E-state index contributed by atoms with van der Waals surface area (Å²) in [4.78, 5) is 82.7. The van der Waals surface area contributed by atoms with Crippen molar-refractivity contribution in [2.24, 2.45) is 11.7 Å². The molecule has 6 amide bonds. The highest BCUT2D eigenvalue weighted by molar-refractivity contribution is 6.25. The van der Waals surface area contributed by atoms with E-state index in [4.69, 9.17) is 5.73 Å². The van der Waals surface area contributed by atoms with Crippen molar-refractivity contribution < 1.29 is 28.8 Å². The van der Waals surface area contributed by atoms with Crippen LogP contribution in [-0.4, -0.2) is 114 Å². The lowest BCUT2D eigenvalue weighted by atomic mass is 9.94. The van der Waals surface area contributed by atoms with Crippen LogP contribution in [0.3, 0.4) is 0 Å². The first kappa shape index (κ1) is 29.6. The normalized spacial score (nSPS) is 21.9. The van der Waals surface area contributed by atoms with E-state index >= 15 is 0 Å². The zero-order chi connectivity index (χ0) is 29.8. The molecule has 3 saturated heterocycles. The van der Waals surface area contributed by atoms with Gasteiger partial charge in [0.2, 0.25) is 23.6 Å². The molecule has 4 heterocycles. The van der Waals surface area contributed by atoms with E-state index in [0.29, 0.717) is 77.4 Å². The average Bonchev–Trinajstić information content (AvgIpc) is 3.26. The molecule has 1 unspecified atom stereocenters. The molecule has 4 N–H and O–H groups in total. The van der Waals surface area contributed by atoms with Crippen molar-refractivity contribution in [3.8, 4) is 0 Å². The minimum atomic E-state index is -1.01. The van der Waals surface area contributed by atoms with Gasteiger partial charge in [-0.2, -0.15) is 0 Å². The van der Waals surface area contributed by atoms with Gasteiger partial charge in [-0.3, -0.25) is 43.9 Å². The maximum absolute atomic E-state index is 13.3. The Morgan fingerprint density at radius 3 is 2.33 bits per heavy atom. The molecule has 226 valence electrons. The van der Waals surface area contributed by atoms with Crippen molar-refractivity contribution in [3.05, 3.63) is 29.3 Å². The third-order valence-corrected chi connectivity index (χ3v) is 8.69. The van der Waals surface area contributed by atoms with Gasteiger partial charge in [-0.15, -0.1) is 0 Å². The number of fused-ring (bicyclic) bond motifs is 1. The Labute approximate surface area is 244 Å². The van der Waals surface area contributed by atoms with Gasteiger partial charge in [0.15, 0.2) is 0 Å². The van der Waals surface area contributed by atoms with Crippen LogP contribution in [0.1, 0.15) is 65.7 Å². The number of carbonyl (C=O) groups is 6. The zero-order valence-electron chi connectivity index (χ0n) is 23.8. The smallest absolute Gasteiger partial charge is 0.264 e. The summed E-state index contributed by atoms with van der Waals surface area (Å²) in [6.45, 7) is 4.73. The highest BCUT2D eigenvalue weighted by Crippen LogP contribution is 2.32. The van der Waals surface area contributed by atoms with Crippen molar-refractivity contribution in [1.29, 1.82) is 0 Å². The Bertz CT molecular complexity index is 1250. The van der Waals surface area contributed by atoms with Crippen LogP contribution in [0.2, 0.25) is 0 Å². The van der Waals surface area contributed by atoms with Crippen LogP contribution in [0, 0.1) is 5.92 Å². The summed E-state index contributed by atoms with van der Waals surface area (Å²) in [6.07, 6.45) is 3.70. The molecule has 13 heteroatoms. The number of piperazine rings is 1. The number of likely N-dealkylation sites (tertiary alicyclic amines) is 1. The molecule has 3 fully saturated rings. The minimum Gasteiger partial charge on any atom is -0.372 e. The number of benzene rings is 1. The van der Waals surface area contributed by atoms with E-state index in [9.17, 15) is 28.8 Å². The third-order valence-electron chi connectivity index (χ3n) is 8.69. The fourth-order valence-corrected chi connectivity index (χ4v) is 6.20. The van der Waals surface area contributed by atoms with Crippen LogP contribution in [0.4, 0.5) is 5.69 Å². The Balaban J connectivity index is 1.10. The quantitative estimate of drug-likeness (QED) is 0.268. The number of hydrogen-bond acceptors (Lipinski definition) is 9. The maximum Gasteiger partial charge on any atom is 0.264 e. The largest absolute Gasteiger partial charge is 0.372 e. The van der Waals surface area contributed by atoms with Gasteiger partial charge in [0.05, 0.1) is 17.8 Å². The number of unbranched alkanes of at least 4 members (excludes halogenated alkanes) is 1. The fourth-order valence-electron chi connectivity index (χ4n) is 6.20. The van der Waals surface area contributed by atoms with Crippen molar-refractivity contribution >= 4 is 41.1 Å². The van der Waals surface area contributed by atoms with Crippen LogP contribution >= 0.6 is 0 Å². The standard InChI is InChI=1S/C29H39N7O6/c30-11-2-1-6-24(38)34-12-9-19(10-13-34)27(40)35-16-14-33(15-17-35)18-31-21-5-3-4-20-25(21)29(42)36(28(20)41)22-7-8-23(37)32-26(22)39/h3-5,19,22,31H,1-2,6-18,30H2,(H,32,37,39). The number of piperidine rings is 2. The van der Waals surface area contributed by atoms with Gasteiger partial charge in [-0.1, -0.05) is 6.07 Å². The summed E-state index contributed by atoms with van der Waals surface area (Å²) >= 11 is 0. The van der Waals surface area contributed by atoms with E-state index in [-0.39, 0.29) is 41.7 Å². The van der Waals surface area contributed by atoms with Crippen LogP contribution in [0.5, 0.6) is 0 Å². The summed E-state index contributed by atoms with van der Waals surface area (Å²) in [7, 11) is 0. The lowest BCUT2D eigenvalue weighted by molar-refractivity contribution is -0.142. The lowest BCUT2D eigenvalue weighted by Gasteiger charge is -2.38. The number of nitrogens with two attached hydrogens (primary N) is 1. The molecule has 42 heavy (non-hydrogen) atoms. The third kappa shape index (κ3) is 6.16. The number of hydrogen-bond donors (Lipinski definition) is 3. The van der Waals surface area contributed by atoms with E-state index in [1.165, 1.54) is 0 Å². The summed E-state index contributed by atoms with van der Waals surface area (Å²) in [6, 6.07) is 3.98. The summed E-state index contributed by atoms with van der Waals surface area (Å²) in [5.74, 6) is -1.91. The molecule has 0 bridgehead atoms. The second-order valence-corrected chi connectivity index (χ2v) is 11.4. The van der Waals surface area contributed by atoms with Gasteiger partial charge in [-0.25, -0.2) is 0 Å². The fraction of sp³-hybridized carbons (Fsp3) is 0.586. The Morgan fingerprint density at radius 2 is 1.64 bits per heavy atom. The van der Waals surface area contributed by atoms with Crippen LogP contribution in [0.15, 0.2) is 18.2 Å². The van der Waals surface area contributed by atoms with Crippen molar-refractivity contribution in [2.45, 2.75) is 51.0 Å². The van der Waals surface area contributed by atoms with Crippen LogP contribution in [-0.2, 0) is 19.2 Å². The average molecular weight is 582 g/mol. The number of amides is 6. The SMILES string of the molecule is NCCCCC(=O)N1CCC(C(=O)N2CCN(CNc3cccc4c3C(=O)N(C3CCC(=O)NC3=O)C4=O)CC2)CC1. The highest BCUT2D eigenvalue weighted by atomic mass is 16.2. The molecule has 0 spiro atoms. The van der Waals surface area contributed by atoms with E-state index in [1.807, 2.05) is 9.80 Å². The van der Waals surface area contributed by atoms with Gasteiger partial charge in [0.25, 0.3) is 11.8 Å². The molecule has 0 aliphatic carbocycles. The predicted octanol–water partition coefficient (Wildman–Crippen LogP) is -0.0310. The molecular weight excluding hydrogens is 542 g/mol. The van der Waals surface area contributed by atoms with Gasteiger partial charge >= 0.3 is 0 Å². The van der Waals surface area contributed by atoms with Crippen molar-refractivity contribution in [1.82, 2.24) is 24.9 Å². The van der Waals surface area contributed by atoms with E-state index in [2.05, 4.69) is 15.5 Å². The van der Waals surface area contributed by atoms with E-state index in [0.717, 1.165) is 17.7 Å². The van der Waals surface area contributed by atoms with Gasteiger partial charge in [0.1, 0.15) is 6.04 Å². The Kier molecular flexibility index (Phi) is 9.17. The summed E-state index contributed by atoms with van der Waals surface area (Å²) < 4.78 is 0. The van der Waals surface area contributed by atoms with E-state index < -0.39 is 29.7 Å². The molecule has 5 rings (SSSR count). The molecule has 0 saturated carbocycles. The van der Waals surface area contributed by atoms with Crippen LogP contribution in [0.25, 0.3) is 0 Å². The molecule has 13 nitrogen and oxygen atoms in total. The monoisotopic (exact) mass is 581 g/mol. The first-order valence-electron chi connectivity index (χ1n) is 14.9. The number of nitrogens with one attached hydrogen (secondary N) is 2. The second kappa shape index (κ2) is 13.0. The van der Waals surface area contributed by atoms with Gasteiger partial charge in [0, 0.05) is 63.7 Å². The van der Waals surface area contributed by atoms with Crippen LogP contribution < -0.4 is 16.4 Å². The number of carbonyl (C=O) groups excluding carboxylic acids is 6. The first-order chi connectivity index (χ1) is 20.3. The molecule has 0 aromatic heterocycles. The topological polar surface area (TPSA) is 165 Å². The first-order valence-corrected chi connectivity index (χ1v) is 14.9. The molecule has 1 aromatic carbocycles. The molecule has 1 aromatic rings. The maximum atomic E-state index is 13.3. The minimum absolute atomic E-state index is 0.0643. The van der Waals surface area contributed by atoms with E-state index in [1.54, 1.807) is 18.2 Å². The molecule has 1 atom stereocenters. The zero-order valence-corrected chi connectivity index (χ0v) is 23.8. The molecular formula is C29H39N7O6. The number of nitrogens with zero attached hydrogens (tertiary/aromatic N) is 4. The summed E-state index contributed by atoms with van der Waals surface area (Å²) in [5.41, 5.74) is 6.47. The molecule has 0 radical (unpaired) electrons.